The Bertz CT molecular complexity index is 1100. The van der Waals surface area contributed by atoms with Gasteiger partial charge in [0, 0.05) is 18.6 Å². The van der Waals surface area contributed by atoms with Crippen LogP contribution in [0.1, 0.15) is 12.8 Å². The van der Waals surface area contributed by atoms with E-state index in [-0.39, 0.29) is 21.8 Å². The van der Waals surface area contributed by atoms with Gasteiger partial charge in [0.25, 0.3) is 0 Å². The number of rotatable bonds is 8. The Labute approximate surface area is 195 Å². The maximum absolute atomic E-state index is 14.6. The topological polar surface area (TPSA) is 77.5 Å². The van der Waals surface area contributed by atoms with Gasteiger partial charge in [-0.2, -0.15) is 0 Å². The van der Waals surface area contributed by atoms with Crippen LogP contribution in [0.25, 0.3) is 10.9 Å². The first-order chi connectivity index (χ1) is 15.6. The van der Waals surface area contributed by atoms with Crippen LogP contribution in [0.15, 0.2) is 30.6 Å². The lowest BCUT2D eigenvalue weighted by Crippen LogP contribution is -2.34. The molecule has 2 N–H and O–H groups in total. The summed E-state index contributed by atoms with van der Waals surface area (Å²) in [6, 6.07) is 6.63. The third-order valence-electron chi connectivity index (χ3n) is 5.11. The predicted octanol–water partition coefficient (Wildman–Crippen LogP) is 4.98. The number of benzene rings is 2. The molecule has 1 saturated heterocycles. The number of piperidine rings is 1. The molecule has 0 atom stereocenters. The fraction of sp³-hybridized carbons (Fsp3) is 0.364. The van der Waals surface area contributed by atoms with Gasteiger partial charge in [0.1, 0.15) is 24.9 Å². The van der Waals surface area contributed by atoms with Gasteiger partial charge in [0.2, 0.25) is 0 Å². The number of ether oxygens (including phenoxy) is 3. The molecule has 0 bridgehead atoms. The minimum Gasteiger partial charge on any atom is -0.487 e. The SMILES string of the molecule is COCCOc1cc2ncnc(Nc3ccc(Cl)c(Cl)c3F)c2cc1OC1CCNCC1. The molecule has 3 aromatic rings. The molecule has 0 saturated carbocycles. The normalized spacial score (nSPS) is 14.5. The highest BCUT2D eigenvalue weighted by Gasteiger charge is 2.20. The summed E-state index contributed by atoms with van der Waals surface area (Å²) in [5, 5.41) is 6.95. The van der Waals surface area contributed by atoms with Crippen molar-refractivity contribution in [3.05, 3.63) is 46.5 Å². The molecule has 0 unspecified atom stereocenters. The molecule has 0 amide bonds. The quantitative estimate of drug-likeness (QED) is 0.347. The van der Waals surface area contributed by atoms with Crippen LogP contribution in [0.4, 0.5) is 15.9 Å². The second kappa shape index (κ2) is 10.5. The zero-order valence-corrected chi connectivity index (χ0v) is 19.0. The molecule has 1 aliphatic heterocycles. The number of methoxy groups -OCH3 is 1. The summed E-state index contributed by atoms with van der Waals surface area (Å²) in [7, 11) is 1.61. The Morgan fingerprint density at radius 3 is 2.72 bits per heavy atom. The number of anilines is 2. The molecule has 32 heavy (non-hydrogen) atoms. The average Bonchev–Trinajstić information content (AvgIpc) is 2.81. The van der Waals surface area contributed by atoms with Gasteiger partial charge in [0.15, 0.2) is 17.3 Å². The molecule has 0 aliphatic carbocycles. The third-order valence-corrected chi connectivity index (χ3v) is 5.90. The third kappa shape index (κ3) is 5.15. The molecule has 1 fully saturated rings. The van der Waals surface area contributed by atoms with Crippen LogP contribution in [0, 0.1) is 5.82 Å². The maximum atomic E-state index is 14.6. The molecule has 2 aromatic carbocycles. The maximum Gasteiger partial charge on any atom is 0.166 e. The van der Waals surface area contributed by atoms with E-state index in [9.17, 15) is 4.39 Å². The molecule has 2 heterocycles. The predicted molar refractivity (Wildman–Crippen MR) is 123 cm³/mol. The van der Waals surface area contributed by atoms with Crippen molar-refractivity contribution in [3.63, 3.8) is 0 Å². The fourth-order valence-corrected chi connectivity index (χ4v) is 3.76. The smallest absolute Gasteiger partial charge is 0.166 e. The van der Waals surface area contributed by atoms with E-state index in [0.29, 0.717) is 41.4 Å². The van der Waals surface area contributed by atoms with Crippen LogP contribution >= 0.6 is 23.2 Å². The van der Waals surface area contributed by atoms with E-state index in [1.54, 1.807) is 13.2 Å². The van der Waals surface area contributed by atoms with Crippen LogP contribution in [-0.4, -0.2) is 49.5 Å². The molecule has 170 valence electrons. The van der Waals surface area contributed by atoms with Crippen molar-refractivity contribution in [2.75, 3.05) is 38.7 Å². The van der Waals surface area contributed by atoms with Crippen molar-refractivity contribution in [2.24, 2.45) is 0 Å². The van der Waals surface area contributed by atoms with Gasteiger partial charge in [0.05, 0.1) is 27.9 Å². The zero-order chi connectivity index (χ0) is 22.5. The van der Waals surface area contributed by atoms with Gasteiger partial charge >= 0.3 is 0 Å². The van der Waals surface area contributed by atoms with E-state index < -0.39 is 5.82 Å². The summed E-state index contributed by atoms with van der Waals surface area (Å²) in [6.07, 6.45) is 3.24. The van der Waals surface area contributed by atoms with Gasteiger partial charge in [-0.1, -0.05) is 23.2 Å². The summed E-state index contributed by atoms with van der Waals surface area (Å²) in [5.41, 5.74) is 0.772. The van der Waals surface area contributed by atoms with Crippen molar-refractivity contribution < 1.29 is 18.6 Å². The first-order valence-corrected chi connectivity index (χ1v) is 11.0. The lowest BCUT2D eigenvalue weighted by Gasteiger charge is -2.25. The van der Waals surface area contributed by atoms with E-state index in [2.05, 4.69) is 20.6 Å². The number of aromatic nitrogens is 2. The van der Waals surface area contributed by atoms with Crippen molar-refractivity contribution in [2.45, 2.75) is 18.9 Å². The van der Waals surface area contributed by atoms with Gasteiger partial charge in [-0.3, -0.25) is 0 Å². The summed E-state index contributed by atoms with van der Waals surface area (Å²) >= 11 is 11.8. The molecular weight excluding hydrogens is 458 g/mol. The standard InChI is InChI=1S/C22H23Cl2FN4O3/c1-30-8-9-31-18-11-17-14(10-19(18)32-13-4-6-26-7-5-13)22(28-12-27-17)29-16-3-2-15(23)20(24)21(16)25/h2-3,10-13,26H,4-9H2,1H3,(H,27,28,29). The van der Waals surface area contributed by atoms with Crippen molar-refractivity contribution in [1.29, 1.82) is 0 Å². The van der Waals surface area contributed by atoms with Gasteiger partial charge in [-0.25, -0.2) is 14.4 Å². The Kier molecular flexibility index (Phi) is 7.47. The highest BCUT2D eigenvalue weighted by molar-refractivity contribution is 6.42. The van der Waals surface area contributed by atoms with E-state index in [1.807, 2.05) is 6.07 Å². The monoisotopic (exact) mass is 480 g/mol. The first-order valence-electron chi connectivity index (χ1n) is 10.2. The number of nitrogens with zero attached hydrogens (tertiary/aromatic N) is 2. The highest BCUT2D eigenvalue weighted by Crippen LogP contribution is 2.37. The fourth-order valence-electron chi connectivity index (χ4n) is 3.45. The minimum absolute atomic E-state index is 0.0621. The van der Waals surface area contributed by atoms with E-state index in [4.69, 9.17) is 37.4 Å². The van der Waals surface area contributed by atoms with Crippen LogP contribution in [0.3, 0.4) is 0 Å². The lowest BCUT2D eigenvalue weighted by molar-refractivity contribution is 0.132. The second-order valence-corrected chi connectivity index (χ2v) is 8.08. The van der Waals surface area contributed by atoms with Crippen LogP contribution in [0.5, 0.6) is 11.5 Å². The number of nitrogens with one attached hydrogen (secondary N) is 2. The second-order valence-electron chi connectivity index (χ2n) is 7.29. The Morgan fingerprint density at radius 1 is 1.12 bits per heavy atom. The molecule has 0 spiro atoms. The molecule has 1 aliphatic rings. The Balaban J connectivity index is 1.71. The van der Waals surface area contributed by atoms with Crippen molar-refractivity contribution in [1.82, 2.24) is 15.3 Å². The molecule has 7 nitrogen and oxygen atoms in total. The minimum atomic E-state index is -0.656. The largest absolute Gasteiger partial charge is 0.487 e. The summed E-state index contributed by atoms with van der Waals surface area (Å²) in [6.45, 7) is 2.60. The number of halogens is 3. The number of hydrogen-bond acceptors (Lipinski definition) is 7. The van der Waals surface area contributed by atoms with E-state index in [1.165, 1.54) is 18.5 Å². The molecule has 0 radical (unpaired) electrons. The van der Waals surface area contributed by atoms with Crippen LogP contribution in [-0.2, 0) is 4.74 Å². The molecule has 4 rings (SSSR count). The van der Waals surface area contributed by atoms with Crippen LogP contribution in [0.2, 0.25) is 10.0 Å². The summed E-state index contributed by atoms with van der Waals surface area (Å²) in [5.74, 6) is 0.897. The van der Waals surface area contributed by atoms with Gasteiger partial charge < -0.3 is 24.8 Å². The Morgan fingerprint density at radius 2 is 1.94 bits per heavy atom. The summed E-state index contributed by atoms with van der Waals surface area (Å²) < 4.78 is 31.9. The Hall–Kier alpha value is -2.39. The van der Waals surface area contributed by atoms with Gasteiger partial charge in [-0.15, -0.1) is 0 Å². The summed E-state index contributed by atoms with van der Waals surface area (Å²) in [4.78, 5) is 8.64. The van der Waals surface area contributed by atoms with E-state index >= 15 is 0 Å². The number of fused-ring (bicyclic) bond motifs is 1. The lowest BCUT2D eigenvalue weighted by atomic mass is 10.1. The van der Waals surface area contributed by atoms with Crippen molar-refractivity contribution in [3.8, 4) is 11.5 Å². The van der Waals surface area contributed by atoms with E-state index in [0.717, 1.165) is 25.9 Å². The first kappa shape index (κ1) is 22.8. The highest BCUT2D eigenvalue weighted by atomic mass is 35.5. The van der Waals surface area contributed by atoms with Crippen molar-refractivity contribution >= 4 is 45.6 Å². The average molecular weight is 481 g/mol. The molecule has 10 heteroatoms. The number of hydrogen-bond donors (Lipinski definition) is 2. The van der Waals surface area contributed by atoms with Crippen LogP contribution < -0.4 is 20.1 Å². The molecule has 1 aromatic heterocycles. The zero-order valence-electron chi connectivity index (χ0n) is 17.5. The molecular formula is C22H23Cl2FN4O3. The van der Waals surface area contributed by atoms with Gasteiger partial charge in [-0.05, 0) is 44.1 Å².